The molecule has 0 unspecified atom stereocenters. The number of rotatable bonds is 2. The minimum atomic E-state index is -0.456. The van der Waals surface area contributed by atoms with E-state index in [1.807, 2.05) is 36.4 Å². The predicted molar refractivity (Wildman–Crippen MR) is 149 cm³/mol. The van der Waals surface area contributed by atoms with Crippen molar-refractivity contribution in [2.75, 3.05) is 0 Å². The molecule has 168 valence electrons. The fourth-order valence-electron chi connectivity index (χ4n) is 5.15. The Morgan fingerprint density at radius 2 is 1.11 bits per heavy atom. The lowest BCUT2D eigenvalue weighted by Gasteiger charge is -2.16. The van der Waals surface area contributed by atoms with E-state index in [9.17, 15) is 0 Å². The summed E-state index contributed by atoms with van der Waals surface area (Å²) in [7, 11) is 0. The zero-order valence-electron chi connectivity index (χ0n) is 26.7. The highest BCUT2D eigenvalue weighted by atomic mass is 16.3. The summed E-state index contributed by atoms with van der Waals surface area (Å²) in [6.45, 7) is 0. The molecule has 2 heteroatoms. The molecule has 6 aromatic carbocycles. The van der Waals surface area contributed by atoms with E-state index in [2.05, 4.69) is 0 Å². The van der Waals surface area contributed by atoms with Crippen LogP contribution in [0.25, 0.3) is 76.9 Å². The summed E-state index contributed by atoms with van der Waals surface area (Å²) in [5.74, 6) is 0.210. The minimum Gasteiger partial charge on any atom is -0.456 e. The first-order chi connectivity index (χ1) is 21.2. The van der Waals surface area contributed by atoms with Crippen LogP contribution < -0.4 is 0 Å². The monoisotopic (exact) mass is 468 g/mol. The molecule has 0 fully saturated rings. The summed E-state index contributed by atoms with van der Waals surface area (Å²) in [5, 5.41) is 2.94. The Labute approximate surface area is 218 Å². The van der Waals surface area contributed by atoms with Gasteiger partial charge in [-0.05, 0) is 56.9 Å². The Kier molecular flexibility index (Phi) is 2.71. The Morgan fingerprint density at radius 1 is 0.472 bits per heavy atom. The van der Waals surface area contributed by atoms with E-state index in [0.29, 0.717) is 27.7 Å². The highest BCUT2D eigenvalue weighted by Crippen LogP contribution is 2.45. The van der Waals surface area contributed by atoms with Crippen molar-refractivity contribution < 1.29 is 19.8 Å². The molecule has 0 bridgehead atoms. The van der Waals surface area contributed by atoms with Crippen molar-refractivity contribution >= 4 is 54.5 Å². The van der Waals surface area contributed by atoms with Crippen molar-refractivity contribution in [2.24, 2.45) is 0 Å². The van der Waals surface area contributed by atoms with Crippen molar-refractivity contribution in [3.8, 4) is 22.5 Å². The predicted octanol–water partition coefficient (Wildman–Crippen LogP) is 9.97. The maximum absolute atomic E-state index is 9.05. The van der Waals surface area contributed by atoms with Crippen LogP contribution in [0.1, 0.15) is 11.0 Å². The summed E-state index contributed by atoms with van der Waals surface area (Å²) < 4.78 is 82.7. The van der Waals surface area contributed by atoms with Gasteiger partial charge in [0, 0.05) is 21.7 Å². The summed E-state index contributed by atoms with van der Waals surface area (Å²) in [4.78, 5) is 0. The quantitative estimate of drug-likeness (QED) is 0.236. The standard InChI is InChI=1S/C34H20O2/c1-2-10-21(11-3-1)33-24-13-4-6-15-26(24)34(27-16-7-5-14-25(27)33)32-19-22-18-31-28(20-30(22)36-32)23-12-8-9-17-29(23)35-31/h1-20H/i4D,5D,6D,7D,13D,14D,15D,16D. The topological polar surface area (TPSA) is 26.3 Å². The number of para-hydroxylation sites is 1. The average Bonchev–Trinajstić information content (AvgIpc) is 3.62. The van der Waals surface area contributed by atoms with E-state index < -0.39 is 24.2 Å². The normalized spacial score (nSPS) is 15.0. The van der Waals surface area contributed by atoms with Crippen LogP contribution in [0.4, 0.5) is 0 Å². The number of hydrogen-bond donors (Lipinski definition) is 0. The fourth-order valence-corrected chi connectivity index (χ4v) is 5.15. The van der Waals surface area contributed by atoms with Crippen molar-refractivity contribution in [3.63, 3.8) is 0 Å². The number of hydrogen-bond acceptors (Lipinski definition) is 2. The van der Waals surface area contributed by atoms with Crippen LogP contribution in [0.2, 0.25) is 0 Å². The van der Waals surface area contributed by atoms with Crippen molar-refractivity contribution in [2.45, 2.75) is 0 Å². The maximum Gasteiger partial charge on any atom is 0.136 e. The Morgan fingerprint density at radius 3 is 1.83 bits per heavy atom. The molecule has 0 saturated carbocycles. The van der Waals surface area contributed by atoms with Crippen molar-refractivity contribution in [3.05, 3.63) is 121 Å². The van der Waals surface area contributed by atoms with Gasteiger partial charge in [0.15, 0.2) is 0 Å². The van der Waals surface area contributed by atoms with Crippen LogP contribution in [0, 0.1) is 0 Å². The molecule has 8 aromatic rings. The second-order valence-electron chi connectivity index (χ2n) is 8.71. The SMILES string of the molecule is [2H]c1c([2H])c([2H])c2c(-c3cc4cc5oc6ccccc6c5cc4o3)c3c([2H])c([2H])c([2H])c([2H])c3c(-c3ccccc3)c2c1[2H]. The largest absolute Gasteiger partial charge is 0.456 e. The number of furan rings is 2. The molecule has 0 radical (unpaired) electrons. The molecule has 0 aliphatic rings. The van der Waals surface area contributed by atoms with E-state index in [1.54, 1.807) is 36.4 Å². The third-order valence-electron chi connectivity index (χ3n) is 6.70. The van der Waals surface area contributed by atoms with Gasteiger partial charge in [0.25, 0.3) is 0 Å². The van der Waals surface area contributed by atoms with Crippen LogP contribution in [-0.4, -0.2) is 0 Å². The van der Waals surface area contributed by atoms with Gasteiger partial charge in [0.2, 0.25) is 0 Å². The number of fused-ring (bicyclic) bond motifs is 6. The number of benzene rings is 6. The molecule has 2 aromatic heterocycles. The lowest BCUT2D eigenvalue weighted by atomic mass is 9.87. The van der Waals surface area contributed by atoms with Crippen LogP contribution in [0.5, 0.6) is 0 Å². The average molecular weight is 469 g/mol. The van der Waals surface area contributed by atoms with Gasteiger partial charge >= 0.3 is 0 Å². The van der Waals surface area contributed by atoms with Gasteiger partial charge in [-0.1, -0.05) is 96.9 Å². The molecule has 0 N–H and O–H groups in total. The molecule has 0 aliphatic heterocycles. The highest BCUT2D eigenvalue weighted by Gasteiger charge is 2.19. The van der Waals surface area contributed by atoms with E-state index in [4.69, 9.17) is 19.8 Å². The molecular weight excluding hydrogens is 440 g/mol. The molecular formula is C34H20O2. The highest BCUT2D eigenvalue weighted by molar-refractivity contribution is 6.21. The summed E-state index contributed by atoms with van der Waals surface area (Å²) in [6, 6.07) is 18.9. The first kappa shape index (κ1) is 13.3. The first-order valence-electron chi connectivity index (χ1n) is 15.5. The molecule has 8 rings (SSSR count). The third-order valence-corrected chi connectivity index (χ3v) is 6.70. The summed E-state index contributed by atoms with van der Waals surface area (Å²) in [5.41, 5.74) is 2.90. The van der Waals surface area contributed by atoms with Gasteiger partial charge in [-0.15, -0.1) is 0 Å². The van der Waals surface area contributed by atoms with E-state index in [0.717, 1.165) is 16.4 Å². The lowest BCUT2D eigenvalue weighted by molar-refractivity contribution is 0.633. The molecule has 0 aliphatic carbocycles. The van der Waals surface area contributed by atoms with Gasteiger partial charge in [0.1, 0.15) is 22.5 Å². The molecule has 2 nitrogen and oxygen atoms in total. The van der Waals surface area contributed by atoms with Crippen LogP contribution in [0.3, 0.4) is 0 Å². The van der Waals surface area contributed by atoms with Gasteiger partial charge < -0.3 is 8.83 Å². The van der Waals surface area contributed by atoms with E-state index >= 15 is 0 Å². The smallest absolute Gasteiger partial charge is 0.136 e. The molecule has 0 spiro atoms. The van der Waals surface area contributed by atoms with Gasteiger partial charge in [-0.25, -0.2) is 0 Å². The molecule has 0 atom stereocenters. The molecule has 36 heavy (non-hydrogen) atoms. The van der Waals surface area contributed by atoms with E-state index in [-0.39, 0.29) is 57.0 Å². The summed E-state index contributed by atoms with van der Waals surface area (Å²) >= 11 is 0. The van der Waals surface area contributed by atoms with Crippen molar-refractivity contribution in [1.82, 2.24) is 0 Å². The fraction of sp³-hybridized carbons (Fsp3) is 0. The van der Waals surface area contributed by atoms with Crippen molar-refractivity contribution in [1.29, 1.82) is 0 Å². The van der Waals surface area contributed by atoms with Gasteiger partial charge in [-0.2, -0.15) is 0 Å². The van der Waals surface area contributed by atoms with Gasteiger partial charge in [0.05, 0.1) is 11.0 Å². The van der Waals surface area contributed by atoms with Gasteiger partial charge in [-0.3, -0.25) is 0 Å². The zero-order chi connectivity index (χ0) is 30.6. The maximum atomic E-state index is 9.05. The van der Waals surface area contributed by atoms with E-state index in [1.165, 1.54) is 0 Å². The molecule has 0 amide bonds. The molecule has 2 heterocycles. The molecule has 0 saturated heterocycles. The van der Waals surface area contributed by atoms with Crippen LogP contribution in [0.15, 0.2) is 130 Å². The third kappa shape index (κ3) is 2.73. The second kappa shape index (κ2) is 7.34. The van der Waals surface area contributed by atoms with Crippen LogP contribution >= 0.6 is 0 Å². The lowest BCUT2D eigenvalue weighted by Crippen LogP contribution is -1.89. The Bertz CT molecular complexity index is 2450. The van der Waals surface area contributed by atoms with Crippen LogP contribution in [-0.2, 0) is 0 Å². The summed E-state index contributed by atoms with van der Waals surface area (Å²) in [6.07, 6.45) is 0. The zero-order valence-corrected chi connectivity index (χ0v) is 18.7. The second-order valence-corrected chi connectivity index (χ2v) is 8.71. The first-order valence-corrected chi connectivity index (χ1v) is 11.5. The Hall–Kier alpha value is -4.82. The minimum absolute atomic E-state index is 0.112. The Balaban J connectivity index is 1.62.